The summed E-state index contributed by atoms with van der Waals surface area (Å²) in [5.74, 6) is 6.11. The minimum atomic E-state index is -3.48. The number of anilines is 1. The number of allylic oxidation sites excluding steroid dienone is 1. The van der Waals surface area contributed by atoms with Crippen LogP contribution in [0.2, 0.25) is 0 Å². The summed E-state index contributed by atoms with van der Waals surface area (Å²) < 4.78 is 45.5. The Morgan fingerprint density at radius 3 is 2.32 bits per heavy atom. The maximum absolute atomic E-state index is 13.1. The van der Waals surface area contributed by atoms with Crippen LogP contribution >= 0.6 is 0 Å². The van der Waals surface area contributed by atoms with E-state index in [-0.39, 0.29) is 11.2 Å². The molecule has 0 aromatic heterocycles. The highest BCUT2D eigenvalue weighted by molar-refractivity contribution is 7.92. The SMILES string of the molecule is CC(C)(/C=C/S(=O)(=O)N1CCN(c2ccc(F)cc2)CC1)CC#CCN1CCOCC1. The van der Waals surface area contributed by atoms with Gasteiger partial charge in [-0.25, -0.2) is 12.8 Å². The van der Waals surface area contributed by atoms with E-state index < -0.39 is 10.0 Å². The maximum Gasteiger partial charge on any atom is 0.236 e. The molecule has 31 heavy (non-hydrogen) atoms. The van der Waals surface area contributed by atoms with E-state index in [0.717, 1.165) is 38.5 Å². The molecule has 8 heteroatoms. The average molecular weight is 450 g/mol. The zero-order chi connectivity index (χ0) is 22.3. The van der Waals surface area contributed by atoms with Crippen molar-refractivity contribution in [2.75, 3.05) is 63.9 Å². The number of nitrogens with zero attached hydrogens (tertiary/aromatic N) is 3. The molecule has 1 aromatic carbocycles. The van der Waals surface area contributed by atoms with Crippen LogP contribution in [0.15, 0.2) is 35.7 Å². The molecule has 2 heterocycles. The lowest BCUT2D eigenvalue weighted by Crippen LogP contribution is -2.48. The molecule has 2 aliphatic rings. The summed E-state index contributed by atoms with van der Waals surface area (Å²) in [6.07, 6.45) is 2.35. The number of halogens is 1. The topological polar surface area (TPSA) is 53.1 Å². The van der Waals surface area contributed by atoms with E-state index in [1.165, 1.54) is 21.8 Å². The lowest BCUT2D eigenvalue weighted by atomic mass is 9.90. The molecule has 3 rings (SSSR count). The molecule has 2 aliphatic heterocycles. The molecule has 0 radical (unpaired) electrons. The van der Waals surface area contributed by atoms with Gasteiger partial charge in [-0.15, -0.1) is 5.92 Å². The molecule has 0 N–H and O–H groups in total. The van der Waals surface area contributed by atoms with Gasteiger partial charge in [0.25, 0.3) is 0 Å². The van der Waals surface area contributed by atoms with Gasteiger partial charge in [0.05, 0.1) is 19.8 Å². The Morgan fingerprint density at radius 1 is 1.03 bits per heavy atom. The number of rotatable bonds is 6. The summed E-state index contributed by atoms with van der Waals surface area (Å²) in [6.45, 7) is 10.0. The van der Waals surface area contributed by atoms with Gasteiger partial charge >= 0.3 is 0 Å². The Kier molecular flexibility index (Phi) is 8.11. The highest BCUT2D eigenvalue weighted by Crippen LogP contribution is 2.23. The second-order valence-electron chi connectivity index (χ2n) is 8.62. The maximum atomic E-state index is 13.1. The Bertz CT molecular complexity index is 906. The number of ether oxygens (including phenoxy) is 1. The van der Waals surface area contributed by atoms with Gasteiger partial charge in [-0.05, 0) is 29.7 Å². The van der Waals surface area contributed by atoms with Crippen molar-refractivity contribution >= 4 is 15.7 Å². The van der Waals surface area contributed by atoms with Crippen molar-refractivity contribution in [3.63, 3.8) is 0 Å². The van der Waals surface area contributed by atoms with Crippen molar-refractivity contribution in [3.8, 4) is 11.8 Å². The van der Waals surface area contributed by atoms with Gasteiger partial charge in [-0.2, -0.15) is 4.31 Å². The number of benzene rings is 1. The van der Waals surface area contributed by atoms with Crippen LogP contribution in [0, 0.1) is 23.1 Å². The summed E-state index contributed by atoms with van der Waals surface area (Å²) in [7, 11) is -3.48. The standard InChI is InChI=1S/C23H32FN3O3S/c1-23(2,9-3-4-11-25-16-18-30-19-17-25)10-20-31(28,29)27-14-12-26(13-15-27)22-7-5-21(24)6-8-22/h5-8,10,20H,9,11-19H2,1-2H3/b20-10+. The Labute approximate surface area is 185 Å². The summed E-state index contributed by atoms with van der Waals surface area (Å²) in [6, 6.07) is 6.30. The smallest absolute Gasteiger partial charge is 0.236 e. The van der Waals surface area contributed by atoms with Crippen molar-refractivity contribution in [1.29, 1.82) is 0 Å². The van der Waals surface area contributed by atoms with Gasteiger partial charge in [0, 0.05) is 56.8 Å². The van der Waals surface area contributed by atoms with Crippen molar-refractivity contribution < 1.29 is 17.5 Å². The second-order valence-corrected chi connectivity index (χ2v) is 10.4. The molecule has 6 nitrogen and oxygen atoms in total. The molecule has 2 saturated heterocycles. The third-order valence-corrected chi connectivity index (χ3v) is 7.12. The van der Waals surface area contributed by atoms with E-state index in [1.54, 1.807) is 18.2 Å². The van der Waals surface area contributed by atoms with Gasteiger partial charge < -0.3 is 9.64 Å². The molecule has 2 fully saturated rings. The van der Waals surface area contributed by atoms with Gasteiger partial charge in [0.1, 0.15) is 5.82 Å². The van der Waals surface area contributed by atoms with Crippen LogP contribution in [0.5, 0.6) is 0 Å². The number of sulfonamides is 1. The van der Waals surface area contributed by atoms with E-state index in [4.69, 9.17) is 4.74 Å². The molecule has 170 valence electrons. The van der Waals surface area contributed by atoms with Crippen LogP contribution in [0.1, 0.15) is 20.3 Å². The predicted octanol–water partition coefficient (Wildman–Crippen LogP) is 2.54. The molecule has 0 saturated carbocycles. The first-order valence-corrected chi connectivity index (χ1v) is 12.2. The van der Waals surface area contributed by atoms with Gasteiger partial charge in [0.2, 0.25) is 10.0 Å². The van der Waals surface area contributed by atoms with Gasteiger partial charge in [-0.3, -0.25) is 4.90 Å². The highest BCUT2D eigenvalue weighted by Gasteiger charge is 2.26. The first kappa shape index (κ1) is 23.7. The van der Waals surface area contributed by atoms with Crippen LogP contribution in [-0.2, 0) is 14.8 Å². The first-order chi connectivity index (χ1) is 14.8. The normalized spacial score (nSPS) is 19.4. The number of morpholine rings is 1. The first-order valence-electron chi connectivity index (χ1n) is 10.7. The summed E-state index contributed by atoms with van der Waals surface area (Å²) >= 11 is 0. The van der Waals surface area contributed by atoms with E-state index in [1.807, 2.05) is 13.8 Å². The number of hydrogen-bond donors (Lipinski definition) is 0. The van der Waals surface area contributed by atoms with Crippen LogP contribution in [-0.4, -0.2) is 76.6 Å². The minimum absolute atomic E-state index is 0.275. The zero-order valence-corrected chi connectivity index (χ0v) is 19.2. The number of piperazine rings is 1. The fraction of sp³-hybridized carbons (Fsp3) is 0.565. The third kappa shape index (κ3) is 7.32. The third-order valence-electron chi connectivity index (χ3n) is 5.56. The largest absolute Gasteiger partial charge is 0.379 e. The summed E-state index contributed by atoms with van der Waals surface area (Å²) in [5.41, 5.74) is 0.576. The second kappa shape index (κ2) is 10.6. The lowest BCUT2D eigenvalue weighted by Gasteiger charge is -2.35. The van der Waals surface area contributed by atoms with Crippen LogP contribution in [0.4, 0.5) is 10.1 Å². The van der Waals surface area contributed by atoms with Crippen molar-refractivity contribution in [2.24, 2.45) is 5.41 Å². The molecule has 1 aromatic rings. The lowest BCUT2D eigenvalue weighted by molar-refractivity contribution is 0.0443. The molecule has 0 unspecified atom stereocenters. The van der Waals surface area contributed by atoms with Crippen molar-refractivity contribution in [2.45, 2.75) is 20.3 Å². The van der Waals surface area contributed by atoms with Crippen molar-refractivity contribution in [3.05, 3.63) is 41.6 Å². The van der Waals surface area contributed by atoms with E-state index >= 15 is 0 Å². The van der Waals surface area contributed by atoms with Gasteiger partial charge in [0.15, 0.2) is 0 Å². The minimum Gasteiger partial charge on any atom is -0.379 e. The average Bonchev–Trinajstić information content (AvgIpc) is 2.77. The molecule has 0 bridgehead atoms. The fourth-order valence-corrected chi connectivity index (χ4v) is 4.87. The summed E-state index contributed by atoms with van der Waals surface area (Å²) in [4.78, 5) is 4.33. The highest BCUT2D eigenvalue weighted by atomic mass is 32.2. The van der Waals surface area contributed by atoms with E-state index in [9.17, 15) is 12.8 Å². The van der Waals surface area contributed by atoms with Gasteiger partial charge in [-0.1, -0.05) is 25.8 Å². The molecule has 0 aliphatic carbocycles. The molecular weight excluding hydrogens is 417 g/mol. The molecule has 0 spiro atoms. The fourth-order valence-electron chi connectivity index (χ4n) is 3.49. The van der Waals surface area contributed by atoms with E-state index in [2.05, 4.69) is 21.6 Å². The van der Waals surface area contributed by atoms with Crippen LogP contribution in [0.25, 0.3) is 0 Å². The van der Waals surface area contributed by atoms with Crippen LogP contribution < -0.4 is 4.90 Å². The van der Waals surface area contributed by atoms with Crippen molar-refractivity contribution in [1.82, 2.24) is 9.21 Å². The zero-order valence-electron chi connectivity index (χ0n) is 18.4. The molecule has 0 amide bonds. The molecule has 0 atom stereocenters. The molecular formula is C23H32FN3O3S. The monoisotopic (exact) mass is 449 g/mol. The Morgan fingerprint density at radius 2 is 1.68 bits per heavy atom. The van der Waals surface area contributed by atoms with E-state index in [0.29, 0.717) is 32.6 Å². The predicted molar refractivity (Wildman–Crippen MR) is 122 cm³/mol. The summed E-state index contributed by atoms with van der Waals surface area (Å²) in [5, 5.41) is 1.32. The Balaban J connectivity index is 1.49. The quantitative estimate of drug-likeness (QED) is 0.625. The van der Waals surface area contributed by atoms with Crippen LogP contribution in [0.3, 0.4) is 0 Å². The number of hydrogen-bond acceptors (Lipinski definition) is 5. The Hall–Kier alpha value is -1.92.